The predicted octanol–water partition coefficient (Wildman–Crippen LogP) is 1.92. The summed E-state index contributed by atoms with van der Waals surface area (Å²) < 4.78 is 5.74. The van der Waals surface area contributed by atoms with E-state index in [0.29, 0.717) is 12.2 Å². The molecule has 0 radical (unpaired) electrons. The summed E-state index contributed by atoms with van der Waals surface area (Å²) in [7, 11) is 0. The molecule has 3 atom stereocenters. The second-order valence-corrected chi connectivity index (χ2v) is 4.05. The average Bonchev–Trinajstić information content (AvgIpc) is 2.04. The Morgan fingerprint density at radius 3 is 2.92 bits per heavy atom. The first kappa shape index (κ1) is 8.24. The van der Waals surface area contributed by atoms with Crippen LogP contribution in [0.1, 0.15) is 39.0 Å². The summed E-state index contributed by atoms with van der Waals surface area (Å²) in [4.78, 5) is 11.6. The maximum atomic E-state index is 11.6. The molecule has 1 saturated carbocycles. The summed E-state index contributed by atoms with van der Waals surface area (Å²) in [6.07, 6.45) is 5.68. The number of carbonyl (C=O) groups excluding carboxylic acids is 1. The van der Waals surface area contributed by atoms with Crippen molar-refractivity contribution in [2.24, 2.45) is 5.92 Å². The van der Waals surface area contributed by atoms with Crippen molar-refractivity contribution in [2.45, 2.75) is 51.2 Å². The zero-order chi connectivity index (χ0) is 8.55. The fourth-order valence-corrected chi connectivity index (χ4v) is 2.41. The van der Waals surface area contributed by atoms with Crippen molar-refractivity contribution in [3.63, 3.8) is 0 Å². The molecule has 0 aromatic carbocycles. The minimum absolute atomic E-state index is 0.164. The van der Waals surface area contributed by atoms with Gasteiger partial charge in [0.25, 0.3) is 0 Å². The number of hydrogen-bond donors (Lipinski definition) is 0. The minimum atomic E-state index is 0.164. The molecule has 0 unspecified atom stereocenters. The maximum Gasteiger partial charge on any atom is 0.141 e. The topological polar surface area (TPSA) is 26.3 Å². The summed E-state index contributed by atoms with van der Waals surface area (Å²) in [6, 6.07) is 0. The highest BCUT2D eigenvalue weighted by Gasteiger charge is 2.36. The van der Waals surface area contributed by atoms with Gasteiger partial charge in [-0.2, -0.15) is 0 Å². The Balaban J connectivity index is 2.06. The molecule has 1 aliphatic carbocycles. The molecule has 68 valence electrons. The molecule has 2 aliphatic rings. The Morgan fingerprint density at radius 1 is 1.33 bits per heavy atom. The lowest BCUT2D eigenvalue weighted by Crippen LogP contribution is -2.42. The molecule has 2 rings (SSSR count). The van der Waals surface area contributed by atoms with Crippen LogP contribution in [0.25, 0.3) is 0 Å². The smallest absolute Gasteiger partial charge is 0.141 e. The third kappa shape index (κ3) is 1.40. The summed E-state index contributed by atoms with van der Waals surface area (Å²) in [6.45, 7) is 2.00. The van der Waals surface area contributed by atoms with Crippen LogP contribution in [0.3, 0.4) is 0 Å². The molecule has 0 bridgehead atoms. The van der Waals surface area contributed by atoms with Crippen molar-refractivity contribution in [1.29, 1.82) is 0 Å². The third-order valence-electron chi connectivity index (χ3n) is 3.01. The van der Waals surface area contributed by atoms with Crippen LogP contribution in [0.15, 0.2) is 0 Å². The van der Waals surface area contributed by atoms with Gasteiger partial charge < -0.3 is 4.74 Å². The number of ether oxygens (including phenoxy) is 1. The van der Waals surface area contributed by atoms with Crippen molar-refractivity contribution in [3.8, 4) is 0 Å². The highest BCUT2D eigenvalue weighted by molar-refractivity contribution is 5.82. The maximum absolute atomic E-state index is 11.6. The van der Waals surface area contributed by atoms with Crippen molar-refractivity contribution in [3.05, 3.63) is 0 Å². The lowest BCUT2D eigenvalue weighted by molar-refractivity contribution is -0.148. The second kappa shape index (κ2) is 3.17. The third-order valence-corrected chi connectivity index (χ3v) is 3.01. The van der Waals surface area contributed by atoms with Crippen LogP contribution in [0.5, 0.6) is 0 Å². The van der Waals surface area contributed by atoms with E-state index < -0.39 is 0 Å². The molecular weight excluding hydrogens is 152 g/mol. The Hall–Kier alpha value is -0.370. The lowest BCUT2D eigenvalue weighted by atomic mass is 9.80. The zero-order valence-corrected chi connectivity index (χ0v) is 7.58. The van der Waals surface area contributed by atoms with Crippen molar-refractivity contribution in [1.82, 2.24) is 0 Å². The summed E-state index contributed by atoms with van der Waals surface area (Å²) in [5, 5.41) is 0. The minimum Gasteiger partial charge on any atom is -0.374 e. The zero-order valence-electron chi connectivity index (χ0n) is 7.58. The first-order chi connectivity index (χ1) is 5.77. The van der Waals surface area contributed by atoms with Gasteiger partial charge in [-0.1, -0.05) is 12.8 Å². The van der Waals surface area contributed by atoms with E-state index >= 15 is 0 Å². The molecular formula is C10H16O2. The first-order valence-electron chi connectivity index (χ1n) is 4.95. The predicted molar refractivity (Wildman–Crippen MR) is 45.9 cm³/mol. The Labute approximate surface area is 73.3 Å². The van der Waals surface area contributed by atoms with E-state index in [1.165, 1.54) is 12.8 Å². The highest BCUT2D eigenvalue weighted by Crippen LogP contribution is 2.33. The Bertz CT molecular complexity index is 188. The standard InChI is InChI=1S/C10H16O2/c1-7-6-9(11)8-4-2-3-5-10(8)12-7/h7-8,10H,2-6H2,1H3/t7-,8-,10+/m0/s1. The van der Waals surface area contributed by atoms with Crippen molar-refractivity contribution < 1.29 is 9.53 Å². The van der Waals surface area contributed by atoms with E-state index in [2.05, 4.69) is 0 Å². The number of rotatable bonds is 0. The van der Waals surface area contributed by atoms with Crippen LogP contribution >= 0.6 is 0 Å². The van der Waals surface area contributed by atoms with E-state index in [4.69, 9.17) is 4.74 Å². The molecule has 1 heterocycles. The van der Waals surface area contributed by atoms with Gasteiger partial charge in [-0.15, -0.1) is 0 Å². The molecule has 0 amide bonds. The number of hydrogen-bond acceptors (Lipinski definition) is 2. The van der Waals surface area contributed by atoms with Gasteiger partial charge in [0.2, 0.25) is 0 Å². The quantitative estimate of drug-likeness (QED) is 0.552. The van der Waals surface area contributed by atoms with E-state index in [1.807, 2.05) is 6.92 Å². The normalized spacial score (nSPS) is 42.4. The van der Waals surface area contributed by atoms with E-state index in [9.17, 15) is 4.79 Å². The molecule has 0 aromatic heterocycles. The molecule has 2 fully saturated rings. The molecule has 0 spiro atoms. The van der Waals surface area contributed by atoms with Crippen molar-refractivity contribution in [2.75, 3.05) is 0 Å². The van der Waals surface area contributed by atoms with Gasteiger partial charge in [0.15, 0.2) is 0 Å². The molecule has 2 heteroatoms. The van der Waals surface area contributed by atoms with E-state index in [0.717, 1.165) is 12.8 Å². The first-order valence-corrected chi connectivity index (χ1v) is 4.95. The Morgan fingerprint density at radius 2 is 2.08 bits per heavy atom. The fraction of sp³-hybridized carbons (Fsp3) is 0.900. The SMILES string of the molecule is C[C@H]1CC(=O)[C@@H]2CCCC[C@H]2O1. The number of Topliss-reactive ketones (excluding diaryl/α,β-unsaturated/α-hetero) is 1. The van der Waals surface area contributed by atoms with Gasteiger partial charge in [0.05, 0.1) is 12.2 Å². The van der Waals surface area contributed by atoms with Crippen LogP contribution in [0, 0.1) is 5.92 Å². The average molecular weight is 168 g/mol. The van der Waals surface area contributed by atoms with Gasteiger partial charge in [0.1, 0.15) is 5.78 Å². The molecule has 1 aliphatic heterocycles. The summed E-state index contributed by atoms with van der Waals surface area (Å²) in [5.41, 5.74) is 0. The van der Waals surface area contributed by atoms with E-state index in [1.54, 1.807) is 0 Å². The largest absolute Gasteiger partial charge is 0.374 e. The lowest BCUT2D eigenvalue weighted by Gasteiger charge is -2.37. The van der Waals surface area contributed by atoms with Crippen LogP contribution in [-0.4, -0.2) is 18.0 Å². The van der Waals surface area contributed by atoms with Crippen molar-refractivity contribution >= 4 is 5.78 Å². The van der Waals surface area contributed by atoms with Gasteiger partial charge in [0, 0.05) is 12.3 Å². The second-order valence-electron chi connectivity index (χ2n) is 4.05. The number of carbonyl (C=O) groups is 1. The van der Waals surface area contributed by atoms with Crippen LogP contribution in [0.4, 0.5) is 0 Å². The monoisotopic (exact) mass is 168 g/mol. The van der Waals surface area contributed by atoms with Gasteiger partial charge in [-0.3, -0.25) is 4.79 Å². The molecule has 1 saturated heterocycles. The summed E-state index contributed by atoms with van der Waals surface area (Å²) in [5.74, 6) is 0.688. The molecule has 0 aromatic rings. The van der Waals surface area contributed by atoms with Crippen LogP contribution in [0.2, 0.25) is 0 Å². The van der Waals surface area contributed by atoms with Gasteiger partial charge in [-0.25, -0.2) is 0 Å². The molecule has 0 N–H and O–H groups in total. The molecule has 12 heavy (non-hydrogen) atoms. The van der Waals surface area contributed by atoms with Crippen LogP contribution < -0.4 is 0 Å². The Kier molecular flexibility index (Phi) is 2.18. The van der Waals surface area contributed by atoms with Gasteiger partial charge in [-0.05, 0) is 19.8 Å². The van der Waals surface area contributed by atoms with E-state index in [-0.39, 0.29) is 18.1 Å². The molecule has 2 nitrogen and oxygen atoms in total. The highest BCUT2D eigenvalue weighted by atomic mass is 16.5. The summed E-state index contributed by atoms with van der Waals surface area (Å²) >= 11 is 0. The number of ketones is 1. The van der Waals surface area contributed by atoms with Crippen LogP contribution in [-0.2, 0) is 9.53 Å². The fourth-order valence-electron chi connectivity index (χ4n) is 2.41. The van der Waals surface area contributed by atoms with Gasteiger partial charge >= 0.3 is 0 Å². The number of fused-ring (bicyclic) bond motifs is 1.